The number of hydrogen-bond acceptors (Lipinski definition) is 9. The maximum Gasteiger partial charge on any atom is 0.309 e. The summed E-state index contributed by atoms with van der Waals surface area (Å²) in [6.45, 7) is 3.83. The standard InChI is InChI=1S/C29H32N6O5/c1-2-38-28(37)19-12-21-22(13-19)35(26(32-21)18-7-8-23-24(14-18)40-16-39-23)25-9-10-30-29(33-25)31-20-4-3-11-34(15-20)27(36)17-5-6-17/h7-10,14,17,19-20H,2-6,11-13,15-16H2,1H3,(H,30,31,33)/t19?,20-/m0/s1. The fraction of sp³-hybridized carbons (Fsp3) is 0.483. The van der Waals surface area contributed by atoms with Crippen molar-refractivity contribution >= 4 is 17.8 Å². The largest absolute Gasteiger partial charge is 0.466 e. The molecule has 11 heteroatoms. The molecule has 0 radical (unpaired) electrons. The maximum atomic E-state index is 12.6. The van der Waals surface area contributed by atoms with Crippen LogP contribution in [0.1, 0.15) is 44.0 Å². The van der Waals surface area contributed by atoms with Gasteiger partial charge < -0.3 is 24.4 Å². The van der Waals surface area contributed by atoms with Crippen molar-refractivity contribution in [3.63, 3.8) is 0 Å². The van der Waals surface area contributed by atoms with E-state index in [0.29, 0.717) is 55.1 Å². The summed E-state index contributed by atoms with van der Waals surface area (Å²) in [4.78, 5) is 41.6. The number of benzene rings is 1. The zero-order valence-electron chi connectivity index (χ0n) is 22.5. The first-order valence-electron chi connectivity index (χ1n) is 14.1. The van der Waals surface area contributed by atoms with Crippen molar-refractivity contribution in [1.82, 2.24) is 24.4 Å². The molecule has 1 saturated heterocycles. The zero-order chi connectivity index (χ0) is 27.2. The lowest BCUT2D eigenvalue weighted by Gasteiger charge is -2.33. The first-order valence-corrected chi connectivity index (χ1v) is 14.1. The molecule has 40 heavy (non-hydrogen) atoms. The van der Waals surface area contributed by atoms with Crippen molar-refractivity contribution in [2.75, 3.05) is 31.8 Å². The number of nitrogens with zero attached hydrogens (tertiary/aromatic N) is 5. The lowest BCUT2D eigenvalue weighted by atomic mass is 10.1. The average Bonchev–Trinajstić information content (AvgIpc) is 3.40. The van der Waals surface area contributed by atoms with E-state index in [1.165, 1.54) is 0 Å². The van der Waals surface area contributed by atoms with Crippen molar-refractivity contribution in [2.24, 2.45) is 11.8 Å². The molecule has 4 aliphatic rings. The molecule has 0 bridgehead atoms. The summed E-state index contributed by atoms with van der Waals surface area (Å²) in [6.07, 6.45) is 6.68. The molecule has 1 saturated carbocycles. The van der Waals surface area contributed by atoms with E-state index < -0.39 is 0 Å². The Balaban J connectivity index is 1.20. The predicted molar refractivity (Wildman–Crippen MR) is 144 cm³/mol. The van der Waals surface area contributed by atoms with Gasteiger partial charge in [0.2, 0.25) is 18.6 Å². The van der Waals surface area contributed by atoms with E-state index in [9.17, 15) is 9.59 Å². The molecular weight excluding hydrogens is 512 g/mol. The number of hydrogen-bond donors (Lipinski definition) is 1. The van der Waals surface area contributed by atoms with E-state index in [2.05, 4.69) is 10.3 Å². The first-order chi connectivity index (χ1) is 19.6. The number of carbonyl (C=O) groups excluding carboxylic acids is 2. The molecule has 7 rings (SSSR count). The van der Waals surface area contributed by atoms with E-state index >= 15 is 0 Å². The number of imidazole rings is 1. The normalized spacial score (nSPS) is 21.3. The van der Waals surface area contributed by atoms with Gasteiger partial charge in [-0.3, -0.25) is 14.2 Å². The van der Waals surface area contributed by atoms with Crippen LogP contribution in [0.15, 0.2) is 30.5 Å². The van der Waals surface area contributed by atoms with E-state index in [-0.39, 0.29) is 36.5 Å². The van der Waals surface area contributed by atoms with E-state index in [1.807, 2.05) is 40.7 Å². The Labute approximate surface area is 231 Å². The molecule has 2 aromatic heterocycles. The Hall–Kier alpha value is -4.15. The first kappa shape index (κ1) is 24.9. The van der Waals surface area contributed by atoms with Gasteiger partial charge in [-0.05, 0) is 56.9 Å². The molecule has 11 nitrogen and oxygen atoms in total. The summed E-state index contributed by atoms with van der Waals surface area (Å²) in [5, 5.41) is 3.47. The summed E-state index contributed by atoms with van der Waals surface area (Å²) in [6, 6.07) is 7.70. The highest BCUT2D eigenvalue weighted by Gasteiger charge is 2.37. The van der Waals surface area contributed by atoms with Crippen molar-refractivity contribution in [2.45, 2.75) is 51.5 Å². The monoisotopic (exact) mass is 544 g/mol. The quantitative estimate of drug-likeness (QED) is 0.447. The van der Waals surface area contributed by atoms with Crippen LogP contribution in [0.3, 0.4) is 0 Å². The number of aromatic nitrogens is 4. The van der Waals surface area contributed by atoms with Crippen LogP contribution in [0.5, 0.6) is 11.5 Å². The Morgan fingerprint density at radius 1 is 1.07 bits per heavy atom. The molecule has 2 atom stereocenters. The molecule has 1 unspecified atom stereocenters. The van der Waals surface area contributed by atoms with Crippen LogP contribution in [0.4, 0.5) is 5.95 Å². The van der Waals surface area contributed by atoms with Crippen molar-refractivity contribution in [3.8, 4) is 28.7 Å². The van der Waals surface area contributed by atoms with Crippen LogP contribution in [0.2, 0.25) is 0 Å². The SMILES string of the molecule is CCOC(=O)C1Cc2nc(-c3ccc4c(c3)OCO4)n(-c3ccnc(N[C@H]4CCCN(C(=O)C5CC5)C4)n3)c2C1. The molecule has 1 aromatic carbocycles. The second kappa shape index (κ2) is 10.1. The Morgan fingerprint density at radius 2 is 1.95 bits per heavy atom. The topological polar surface area (TPSA) is 121 Å². The second-order valence-electron chi connectivity index (χ2n) is 10.9. The molecule has 208 valence electrons. The number of ether oxygens (including phenoxy) is 3. The number of rotatable bonds is 7. The predicted octanol–water partition coefficient (Wildman–Crippen LogP) is 3.15. The zero-order valence-corrected chi connectivity index (χ0v) is 22.5. The summed E-state index contributed by atoms with van der Waals surface area (Å²) < 4.78 is 18.5. The third-order valence-electron chi connectivity index (χ3n) is 8.05. The number of piperidine rings is 1. The number of nitrogens with one attached hydrogen (secondary N) is 1. The number of anilines is 1. The van der Waals surface area contributed by atoms with Crippen LogP contribution >= 0.6 is 0 Å². The van der Waals surface area contributed by atoms with Crippen LogP contribution < -0.4 is 14.8 Å². The summed E-state index contributed by atoms with van der Waals surface area (Å²) in [5.41, 5.74) is 2.66. The average molecular weight is 545 g/mol. The molecule has 2 fully saturated rings. The van der Waals surface area contributed by atoms with Crippen LogP contribution in [0, 0.1) is 11.8 Å². The van der Waals surface area contributed by atoms with E-state index in [1.54, 1.807) is 6.20 Å². The summed E-state index contributed by atoms with van der Waals surface area (Å²) in [5.74, 6) is 3.27. The molecule has 3 aromatic rings. The molecule has 1 N–H and O–H groups in total. The third-order valence-corrected chi connectivity index (χ3v) is 8.05. The lowest BCUT2D eigenvalue weighted by Crippen LogP contribution is -2.45. The molecule has 0 spiro atoms. The molecule has 1 amide bonds. The van der Waals surface area contributed by atoms with E-state index in [0.717, 1.165) is 49.2 Å². The van der Waals surface area contributed by atoms with Crippen LogP contribution in [-0.2, 0) is 27.2 Å². The van der Waals surface area contributed by atoms with Gasteiger partial charge in [-0.2, -0.15) is 4.98 Å². The highest BCUT2D eigenvalue weighted by molar-refractivity contribution is 5.81. The smallest absolute Gasteiger partial charge is 0.309 e. The van der Waals surface area contributed by atoms with Crippen LogP contribution in [-0.4, -0.2) is 68.8 Å². The summed E-state index contributed by atoms with van der Waals surface area (Å²) >= 11 is 0. The Kier molecular flexibility index (Phi) is 6.28. The van der Waals surface area contributed by atoms with Gasteiger partial charge in [0.25, 0.3) is 0 Å². The minimum Gasteiger partial charge on any atom is -0.466 e. The van der Waals surface area contributed by atoms with Gasteiger partial charge in [0.1, 0.15) is 11.6 Å². The highest BCUT2D eigenvalue weighted by Crippen LogP contribution is 2.39. The minimum atomic E-state index is -0.272. The number of amides is 1. The second-order valence-corrected chi connectivity index (χ2v) is 10.9. The van der Waals surface area contributed by atoms with Gasteiger partial charge in [-0.1, -0.05) is 0 Å². The van der Waals surface area contributed by atoms with Crippen molar-refractivity contribution < 1.29 is 23.8 Å². The molecule has 4 heterocycles. The molecular formula is C29H32N6O5. The van der Waals surface area contributed by atoms with Gasteiger partial charge in [0.05, 0.1) is 18.2 Å². The van der Waals surface area contributed by atoms with Gasteiger partial charge >= 0.3 is 5.97 Å². The van der Waals surface area contributed by atoms with Crippen molar-refractivity contribution in [1.29, 1.82) is 0 Å². The number of esters is 1. The number of fused-ring (bicyclic) bond motifs is 2. The number of carbonyl (C=O) groups is 2. The van der Waals surface area contributed by atoms with Gasteiger partial charge in [-0.15, -0.1) is 0 Å². The highest BCUT2D eigenvalue weighted by atomic mass is 16.7. The third kappa shape index (κ3) is 4.63. The lowest BCUT2D eigenvalue weighted by molar-refractivity contribution is -0.147. The van der Waals surface area contributed by atoms with Crippen molar-refractivity contribution in [3.05, 3.63) is 41.9 Å². The fourth-order valence-corrected chi connectivity index (χ4v) is 5.92. The number of likely N-dealkylation sites (tertiary alicyclic amines) is 1. The van der Waals surface area contributed by atoms with Gasteiger partial charge in [0, 0.05) is 55.3 Å². The fourth-order valence-electron chi connectivity index (χ4n) is 5.92. The van der Waals surface area contributed by atoms with Gasteiger partial charge in [0.15, 0.2) is 11.5 Å². The van der Waals surface area contributed by atoms with Crippen LogP contribution in [0.25, 0.3) is 17.2 Å². The maximum absolute atomic E-state index is 12.6. The Morgan fingerprint density at radius 3 is 2.80 bits per heavy atom. The molecule has 2 aliphatic heterocycles. The minimum absolute atomic E-state index is 0.0849. The van der Waals surface area contributed by atoms with E-state index in [4.69, 9.17) is 24.2 Å². The Bertz CT molecular complexity index is 1470. The molecule has 2 aliphatic carbocycles. The summed E-state index contributed by atoms with van der Waals surface area (Å²) in [7, 11) is 0. The van der Waals surface area contributed by atoms with Gasteiger partial charge in [-0.25, -0.2) is 9.97 Å².